The van der Waals surface area contributed by atoms with E-state index in [1.54, 1.807) is 48.5 Å². The number of carboxylic acids is 1. The Hall–Kier alpha value is -10.1. The number of piperidine rings is 2. The van der Waals surface area contributed by atoms with Gasteiger partial charge in [-0.1, -0.05) is 156 Å². The second-order valence-electron chi connectivity index (χ2n) is 27.2. The van der Waals surface area contributed by atoms with Crippen molar-refractivity contribution in [2.45, 2.75) is 124 Å². The van der Waals surface area contributed by atoms with Gasteiger partial charge in [0.15, 0.2) is 0 Å². The molecule has 17 nitrogen and oxygen atoms in total. The Morgan fingerprint density at radius 2 is 0.740 bits per heavy atom. The fourth-order valence-corrected chi connectivity index (χ4v) is 12.4. The number of aromatic carboxylic acids is 1. The largest absolute Gasteiger partial charge is 0.507 e. The summed E-state index contributed by atoms with van der Waals surface area (Å²) in [5.41, 5.74) is 9.52. The third kappa shape index (κ3) is 22.9. The first-order valence-electron chi connectivity index (χ1n) is 35.0. The van der Waals surface area contributed by atoms with Crippen LogP contribution >= 0.6 is 28.3 Å². The third-order valence-corrected chi connectivity index (χ3v) is 17.6. The van der Waals surface area contributed by atoms with Crippen LogP contribution in [0.5, 0.6) is 17.2 Å². The molecule has 9 aromatic carbocycles. The number of nitrogens with one attached hydrogen (secondary N) is 3. The molecule has 0 radical (unpaired) electrons. The fraction of sp³-hybridized carbons (Fsp3) is 0.294. The van der Waals surface area contributed by atoms with Gasteiger partial charge in [0, 0.05) is 18.4 Å². The number of halogens is 2. The minimum absolute atomic E-state index is 0. The van der Waals surface area contributed by atoms with E-state index in [0.29, 0.717) is 64.7 Å². The van der Waals surface area contributed by atoms with Crippen LogP contribution in [-0.2, 0) is 27.9 Å². The van der Waals surface area contributed by atoms with Gasteiger partial charge in [0.2, 0.25) is 0 Å². The molecular weight excluding hydrogens is 1400 g/mol. The van der Waals surface area contributed by atoms with Gasteiger partial charge < -0.3 is 45.1 Å². The summed E-state index contributed by atoms with van der Waals surface area (Å²) in [4.78, 5) is 82.5. The summed E-state index contributed by atoms with van der Waals surface area (Å²) >= 11 is 3.43. The minimum Gasteiger partial charge on any atom is -0.507 e. The molecule has 544 valence electrons. The second kappa shape index (κ2) is 37.9. The van der Waals surface area contributed by atoms with Gasteiger partial charge in [-0.2, -0.15) is 0 Å². The Morgan fingerprint density at radius 1 is 0.404 bits per heavy atom. The van der Waals surface area contributed by atoms with Crippen molar-refractivity contribution in [1.29, 1.82) is 0 Å². The van der Waals surface area contributed by atoms with Crippen molar-refractivity contribution in [2.24, 2.45) is 0 Å². The van der Waals surface area contributed by atoms with Gasteiger partial charge in [0.25, 0.3) is 17.7 Å². The van der Waals surface area contributed by atoms with E-state index in [4.69, 9.17) is 18.9 Å². The zero-order chi connectivity index (χ0) is 73.6. The third-order valence-electron chi connectivity index (χ3n) is 16.9. The van der Waals surface area contributed by atoms with Gasteiger partial charge in [-0.3, -0.25) is 24.2 Å². The lowest BCUT2D eigenvalue weighted by atomic mass is 10.0. The molecule has 104 heavy (non-hydrogen) atoms. The van der Waals surface area contributed by atoms with Gasteiger partial charge in [-0.05, 0) is 230 Å². The maximum absolute atomic E-state index is 13.7. The summed E-state index contributed by atoms with van der Waals surface area (Å²) in [5.74, 6) is -2.50. The molecule has 9 aromatic rings. The van der Waals surface area contributed by atoms with E-state index in [1.807, 2.05) is 195 Å². The Kier molecular flexibility index (Phi) is 29.0. The molecule has 2 fully saturated rings. The lowest BCUT2D eigenvalue weighted by Gasteiger charge is -2.26. The number of hydrogen-bond donors (Lipinski definition) is 5. The molecule has 0 aliphatic carbocycles. The highest BCUT2D eigenvalue weighted by Gasteiger charge is 2.27. The molecule has 0 aromatic heterocycles. The maximum atomic E-state index is 13.7. The van der Waals surface area contributed by atoms with Gasteiger partial charge >= 0.3 is 17.9 Å². The molecule has 2 heterocycles. The van der Waals surface area contributed by atoms with Crippen LogP contribution < -0.4 is 25.4 Å². The number of phenols is 1. The average molecular weight is 1490 g/mol. The zero-order valence-electron chi connectivity index (χ0n) is 60.3. The van der Waals surface area contributed by atoms with Crippen LogP contribution in [0.3, 0.4) is 0 Å². The number of likely N-dealkylation sites (tertiary alicyclic amines) is 2. The smallest absolute Gasteiger partial charge is 0.340 e. The Bertz CT molecular complexity index is 4420. The number of nitrogens with zero attached hydrogens (tertiary/aromatic N) is 2. The monoisotopic (exact) mass is 1490 g/mol. The number of carbonyl (C=O) groups is 6. The molecule has 5 N–H and O–H groups in total. The fourth-order valence-electron chi connectivity index (χ4n) is 12.0. The van der Waals surface area contributed by atoms with E-state index in [-0.39, 0.29) is 52.3 Å². The Balaban J connectivity index is 0.000000197. The summed E-state index contributed by atoms with van der Waals surface area (Å²) in [6.45, 7) is 21.2. The molecule has 3 amide bonds. The molecular formula is C85H93BrClN5O12. The summed E-state index contributed by atoms with van der Waals surface area (Å²) in [7, 11) is 0. The predicted octanol–water partition coefficient (Wildman–Crippen LogP) is 19.2. The van der Waals surface area contributed by atoms with Crippen LogP contribution in [0.25, 0.3) is 33.4 Å². The molecule has 2 aliphatic rings. The molecule has 0 atom stereocenters. The number of alkyl halides is 1. The van der Waals surface area contributed by atoms with Crippen molar-refractivity contribution >= 4 is 81.0 Å². The van der Waals surface area contributed by atoms with Crippen molar-refractivity contribution in [3.63, 3.8) is 0 Å². The number of ether oxygens (including phenoxy) is 4. The standard InChI is InChI=1S/C32H38N2O4.C27H28BrNO4.C26H26N2O4.ClH/c1-5-37-29-17-14-23(22-34-18-10-7-11-19-34)20-27(29)30(35)33-28-21-25(24-12-8-6-9-13-24)15-16-26(28)31(36)38-32(2,3)4;1-5-32-24-14-11-18(17-28)15-22(24)25(30)29-23-16-20(19-9-7-6-8-10-19)12-13-21(23)26(31)33-27(2,3)4;29-24-12-9-18(17-28-13-5-2-6-14-28)15-22(24)25(30)27-23-16-20(10-11-21(23)26(31)32)19-7-3-1-4-8-19;/h6,8-9,12-17,20-21H,5,7,10-11,18-19,22H2,1-4H3,(H,33,35);6-16H,5,17H2,1-4H3,(H,29,30);1,3-4,7-12,15-16,29H,2,5-6,13-14,17H2,(H,27,30)(H,31,32);1H. The first kappa shape index (κ1) is 79.6. The molecule has 0 unspecified atom stereocenters. The number of rotatable bonds is 21. The van der Waals surface area contributed by atoms with Crippen LogP contribution in [0.2, 0.25) is 0 Å². The normalized spacial score (nSPS) is 13.0. The summed E-state index contributed by atoms with van der Waals surface area (Å²) < 4.78 is 22.7. The molecule has 2 saturated heterocycles. The Morgan fingerprint density at radius 3 is 1.11 bits per heavy atom. The number of anilines is 3. The average Bonchev–Trinajstić information content (AvgIpc) is 0.802. The highest BCUT2D eigenvalue weighted by atomic mass is 79.9. The highest BCUT2D eigenvalue weighted by molar-refractivity contribution is 9.08. The molecule has 19 heteroatoms. The van der Waals surface area contributed by atoms with Crippen molar-refractivity contribution in [2.75, 3.05) is 55.3 Å². The SMILES string of the molecule is CCOc1ccc(CBr)cc1C(=O)Nc1cc(-c2ccccc2)ccc1C(=O)OC(C)(C)C.CCOc1ccc(CN2CCCCC2)cc1C(=O)Nc1cc(-c2ccccc2)ccc1C(=O)OC(C)(C)C.Cl.O=C(Nc1cc(-c2ccccc2)ccc1C(=O)O)c1cc(CN2CCCCC2)ccc1O. The van der Waals surface area contributed by atoms with Crippen LogP contribution in [-0.4, -0.2) is 106 Å². The Labute approximate surface area is 624 Å². The van der Waals surface area contributed by atoms with Crippen molar-refractivity contribution in [3.05, 3.63) is 250 Å². The van der Waals surface area contributed by atoms with E-state index in [1.165, 1.54) is 50.7 Å². The number of amides is 3. The number of esters is 2. The van der Waals surface area contributed by atoms with Crippen molar-refractivity contribution in [1.82, 2.24) is 9.80 Å². The van der Waals surface area contributed by atoms with Crippen LogP contribution in [0.1, 0.15) is 173 Å². The first-order chi connectivity index (χ1) is 49.5. The molecule has 0 bridgehead atoms. The maximum Gasteiger partial charge on any atom is 0.340 e. The van der Waals surface area contributed by atoms with Crippen molar-refractivity contribution in [3.8, 4) is 50.6 Å². The first-order valence-corrected chi connectivity index (χ1v) is 36.1. The number of aromatic hydroxyl groups is 1. The quantitative estimate of drug-likeness (QED) is 0.0334. The van der Waals surface area contributed by atoms with Gasteiger partial charge in [-0.15, -0.1) is 12.4 Å². The van der Waals surface area contributed by atoms with Crippen molar-refractivity contribution < 1.29 is 57.9 Å². The topological polar surface area (TPSA) is 222 Å². The number of carbonyl (C=O) groups excluding carboxylic acids is 5. The lowest BCUT2D eigenvalue weighted by Crippen LogP contribution is -2.29. The van der Waals surface area contributed by atoms with Crippen LogP contribution in [0.4, 0.5) is 17.1 Å². The van der Waals surface area contributed by atoms with E-state index in [0.717, 1.165) is 82.8 Å². The number of benzene rings is 9. The summed E-state index contributed by atoms with van der Waals surface area (Å²) in [6.07, 6.45) is 7.26. The van der Waals surface area contributed by atoms with E-state index >= 15 is 0 Å². The van der Waals surface area contributed by atoms with Gasteiger partial charge in [-0.25, -0.2) is 14.4 Å². The lowest BCUT2D eigenvalue weighted by molar-refractivity contribution is 0.00580. The van der Waals surface area contributed by atoms with Gasteiger partial charge in [0.05, 0.1) is 63.7 Å². The molecule has 0 spiro atoms. The van der Waals surface area contributed by atoms with E-state index in [2.05, 4.69) is 41.7 Å². The second-order valence-corrected chi connectivity index (χ2v) is 27.8. The number of hydrogen-bond acceptors (Lipinski definition) is 13. The molecule has 11 rings (SSSR count). The number of carboxylic acid groups (broad SMARTS) is 1. The minimum atomic E-state index is -1.14. The highest BCUT2D eigenvalue weighted by Crippen LogP contribution is 2.34. The molecule has 2 aliphatic heterocycles. The van der Waals surface area contributed by atoms with E-state index < -0.39 is 35.0 Å². The summed E-state index contributed by atoms with van der Waals surface area (Å²) in [5, 5.41) is 29.1. The van der Waals surface area contributed by atoms with Crippen LogP contribution in [0.15, 0.2) is 200 Å². The molecule has 0 saturated carbocycles. The zero-order valence-corrected chi connectivity index (χ0v) is 62.7. The number of phenolic OH excluding ortho intramolecular Hbond substituents is 1. The summed E-state index contributed by atoms with van der Waals surface area (Å²) in [6, 6.07) is 61.0. The van der Waals surface area contributed by atoms with E-state index in [9.17, 15) is 39.0 Å². The van der Waals surface area contributed by atoms with Gasteiger partial charge in [0.1, 0.15) is 28.5 Å². The van der Waals surface area contributed by atoms with Crippen LogP contribution in [0, 0.1) is 0 Å². The predicted molar refractivity (Wildman–Crippen MR) is 418 cm³/mol.